The number of amides is 1. The highest BCUT2D eigenvalue weighted by molar-refractivity contribution is 7.92. The number of halogens is 1. The first-order chi connectivity index (χ1) is 15.7. The van der Waals surface area contributed by atoms with E-state index in [9.17, 15) is 18.0 Å². The molecule has 0 saturated carbocycles. The molecule has 0 aliphatic heterocycles. The van der Waals surface area contributed by atoms with E-state index in [4.69, 9.17) is 17.5 Å². The summed E-state index contributed by atoms with van der Waals surface area (Å²) in [4.78, 5) is 28.6. The molecule has 0 atom stereocenters. The van der Waals surface area contributed by atoms with Gasteiger partial charge in [0.05, 0.1) is 16.1 Å². The van der Waals surface area contributed by atoms with E-state index in [0.29, 0.717) is 10.6 Å². The smallest absolute Gasteiger partial charge is 0.356 e. The maximum Gasteiger partial charge on any atom is 0.356 e. The standard InChI is InChI=1S/C23H22ClN3O5S/c1-16-8-10-21(11-9-16)33(30,31)27(20-7-3-6-19(24)13-20)15-22(28)26-14-17-4-2-5-18(12-17)23(29)32-25/h2-13H,14-15,25H2,1H3,(H,26,28). The predicted molar refractivity (Wildman–Crippen MR) is 125 cm³/mol. The van der Waals surface area contributed by atoms with Gasteiger partial charge in [0.2, 0.25) is 5.91 Å². The largest absolute Gasteiger partial charge is 0.370 e. The van der Waals surface area contributed by atoms with Crippen LogP contribution in [0.3, 0.4) is 0 Å². The zero-order valence-corrected chi connectivity index (χ0v) is 19.3. The van der Waals surface area contributed by atoms with Crippen LogP contribution in [0.1, 0.15) is 21.5 Å². The number of carbonyl (C=O) groups excluding carboxylic acids is 2. The summed E-state index contributed by atoms with van der Waals surface area (Å²) in [6.45, 7) is 1.44. The molecule has 3 rings (SSSR count). The molecule has 33 heavy (non-hydrogen) atoms. The second kappa shape index (κ2) is 10.5. The average Bonchev–Trinajstić information content (AvgIpc) is 2.81. The molecule has 3 aromatic rings. The number of hydrogen-bond donors (Lipinski definition) is 2. The van der Waals surface area contributed by atoms with E-state index >= 15 is 0 Å². The fourth-order valence-corrected chi connectivity index (χ4v) is 4.64. The van der Waals surface area contributed by atoms with E-state index in [0.717, 1.165) is 9.87 Å². The SMILES string of the molecule is Cc1ccc(S(=O)(=O)N(CC(=O)NCc2cccc(C(=O)ON)c2)c2cccc(Cl)c2)cc1. The number of benzene rings is 3. The Balaban J connectivity index is 1.82. The van der Waals surface area contributed by atoms with E-state index in [-0.39, 0.29) is 22.7 Å². The minimum atomic E-state index is -4.05. The van der Waals surface area contributed by atoms with Crippen molar-refractivity contribution >= 4 is 39.2 Å². The van der Waals surface area contributed by atoms with Crippen molar-refractivity contribution in [2.45, 2.75) is 18.4 Å². The average molecular weight is 488 g/mol. The summed E-state index contributed by atoms with van der Waals surface area (Å²) in [6, 6.07) is 19.0. The van der Waals surface area contributed by atoms with Crippen molar-refractivity contribution in [1.29, 1.82) is 0 Å². The number of anilines is 1. The second-order valence-corrected chi connectivity index (χ2v) is 9.49. The number of nitrogens with one attached hydrogen (secondary N) is 1. The number of rotatable bonds is 8. The molecule has 0 saturated heterocycles. The Labute approximate surface area is 196 Å². The lowest BCUT2D eigenvalue weighted by atomic mass is 10.1. The quantitative estimate of drug-likeness (QED) is 0.471. The van der Waals surface area contributed by atoms with Crippen LogP contribution < -0.4 is 15.5 Å². The molecule has 0 heterocycles. The van der Waals surface area contributed by atoms with Gasteiger partial charge in [-0.2, -0.15) is 5.90 Å². The number of carbonyl (C=O) groups is 2. The van der Waals surface area contributed by atoms with E-state index in [1.165, 1.54) is 30.3 Å². The summed E-state index contributed by atoms with van der Waals surface area (Å²) in [7, 11) is -4.05. The summed E-state index contributed by atoms with van der Waals surface area (Å²) >= 11 is 6.07. The van der Waals surface area contributed by atoms with Crippen LogP contribution in [0.15, 0.2) is 77.7 Å². The first kappa shape index (κ1) is 24.2. The highest BCUT2D eigenvalue weighted by atomic mass is 35.5. The zero-order chi connectivity index (χ0) is 24.0. The monoisotopic (exact) mass is 487 g/mol. The van der Waals surface area contributed by atoms with Gasteiger partial charge in [-0.3, -0.25) is 9.10 Å². The maximum atomic E-state index is 13.4. The fourth-order valence-electron chi connectivity index (χ4n) is 3.05. The topological polar surface area (TPSA) is 119 Å². The Hall–Kier alpha value is -3.40. The lowest BCUT2D eigenvalue weighted by Gasteiger charge is -2.24. The summed E-state index contributed by atoms with van der Waals surface area (Å²) in [5.74, 6) is 3.65. The van der Waals surface area contributed by atoms with Gasteiger partial charge in [-0.1, -0.05) is 47.5 Å². The molecule has 10 heteroatoms. The number of aryl methyl sites for hydroxylation is 1. The van der Waals surface area contributed by atoms with Gasteiger partial charge in [0, 0.05) is 11.6 Å². The van der Waals surface area contributed by atoms with Crippen molar-refractivity contribution in [2.75, 3.05) is 10.8 Å². The van der Waals surface area contributed by atoms with Gasteiger partial charge >= 0.3 is 5.97 Å². The van der Waals surface area contributed by atoms with E-state index < -0.39 is 28.4 Å². The Bertz CT molecular complexity index is 1260. The molecular formula is C23H22ClN3O5S. The Morgan fingerprint density at radius 2 is 1.73 bits per heavy atom. The third-order valence-corrected chi connectivity index (χ3v) is 6.77. The molecule has 0 spiro atoms. The Morgan fingerprint density at radius 3 is 2.39 bits per heavy atom. The van der Waals surface area contributed by atoms with E-state index in [1.54, 1.807) is 42.5 Å². The van der Waals surface area contributed by atoms with Crippen LogP contribution in [0.2, 0.25) is 5.02 Å². The van der Waals surface area contributed by atoms with Crippen LogP contribution in [-0.4, -0.2) is 26.8 Å². The number of hydrogen-bond acceptors (Lipinski definition) is 6. The molecule has 0 bridgehead atoms. The molecule has 1 amide bonds. The number of nitrogens with zero attached hydrogens (tertiary/aromatic N) is 1. The molecule has 0 fully saturated rings. The fraction of sp³-hybridized carbons (Fsp3) is 0.130. The van der Waals surface area contributed by atoms with Gasteiger partial charge in [-0.15, -0.1) is 0 Å². The summed E-state index contributed by atoms with van der Waals surface area (Å²) in [6.07, 6.45) is 0. The third-order valence-electron chi connectivity index (χ3n) is 4.75. The van der Waals surface area contributed by atoms with E-state index in [1.807, 2.05) is 6.92 Å². The first-order valence-electron chi connectivity index (χ1n) is 9.82. The van der Waals surface area contributed by atoms with Gasteiger partial charge in [0.15, 0.2) is 0 Å². The van der Waals surface area contributed by atoms with Gasteiger partial charge in [0.25, 0.3) is 10.0 Å². The van der Waals surface area contributed by atoms with Gasteiger partial charge in [-0.25, -0.2) is 13.2 Å². The minimum absolute atomic E-state index is 0.0499. The normalized spacial score (nSPS) is 11.0. The molecule has 8 nitrogen and oxygen atoms in total. The molecule has 3 N–H and O–H groups in total. The Morgan fingerprint density at radius 1 is 1.03 bits per heavy atom. The molecule has 0 radical (unpaired) electrons. The van der Waals surface area contributed by atoms with Crippen LogP contribution in [0, 0.1) is 6.92 Å². The zero-order valence-electron chi connectivity index (χ0n) is 17.7. The highest BCUT2D eigenvalue weighted by Gasteiger charge is 2.27. The minimum Gasteiger partial charge on any atom is -0.370 e. The maximum absolute atomic E-state index is 13.4. The second-order valence-electron chi connectivity index (χ2n) is 7.19. The lowest BCUT2D eigenvalue weighted by molar-refractivity contribution is -0.119. The predicted octanol–water partition coefficient (Wildman–Crippen LogP) is 3.19. The van der Waals surface area contributed by atoms with Crippen LogP contribution in [0.5, 0.6) is 0 Å². The molecule has 0 aliphatic rings. The molecule has 0 aliphatic carbocycles. The number of sulfonamides is 1. The molecule has 172 valence electrons. The van der Waals surface area contributed by atoms with Crippen LogP contribution in [0.4, 0.5) is 5.69 Å². The highest BCUT2D eigenvalue weighted by Crippen LogP contribution is 2.26. The van der Waals surface area contributed by atoms with Crippen molar-refractivity contribution in [3.8, 4) is 0 Å². The summed E-state index contributed by atoms with van der Waals surface area (Å²) in [5.41, 5.74) is 2.00. The molecule has 0 aromatic heterocycles. The van der Waals surface area contributed by atoms with Gasteiger partial charge in [0.1, 0.15) is 6.54 Å². The van der Waals surface area contributed by atoms with Gasteiger partial charge < -0.3 is 10.2 Å². The molecular weight excluding hydrogens is 466 g/mol. The molecule has 3 aromatic carbocycles. The van der Waals surface area contributed by atoms with Crippen LogP contribution in [-0.2, 0) is 26.2 Å². The third kappa shape index (κ3) is 6.10. The lowest BCUT2D eigenvalue weighted by Crippen LogP contribution is -2.40. The Kier molecular flexibility index (Phi) is 7.70. The first-order valence-corrected chi connectivity index (χ1v) is 11.6. The van der Waals surface area contributed by atoms with Crippen molar-refractivity contribution < 1.29 is 22.8 Å². The molecule has 0 unspecified atom stereocenters. The summed E-state index contributed by atoms with van der Waals surface area (Å²) in [5, 5.41) is 3.00. The van der Waals surface area contributed by atoms with Crippen molar-refractivity contribution in [1.82, 2.24) is 5.32 Å². The van der Waals surface area contributed by atoms with Crippen molar-refractivity contribution in [3.05, 3.63) is 94.5 Å². The van der Waals surface area contributed by atoms with Crippen LogP contribution in [0.25, 0.3) is 0 Å². The summed E-state index contributed by atoms with van der Waals surface area (Å²) < 4.78 is 27.7. The van der Waals surface area contributed by atoms with E-state index in [2.05, 4.69) is 10.2 Å². The van der Waals surface area contributed by atoms with Gasteiger partial charge in [-0.05, 0) is 55.0 Å². The van der Waals surface area contributed by atoms with Crippen LogP contribution >= 0.6 is 11.6 Å². The van der Waals surface area contributed by atoms with Crippen molar-refractivity contribution in [2.24, 2.45) is 5.90 Å². The number of nitrogens with two attached hydrogens (primary N) is 1. The van der Waals surface area contributed by atoms with Crippen molar-refractivity contribution in [3.63, 3.8) is 0 Å².